The Hall–Kier alpha value is -6.28. The van der Waals surface area contributed by atoms with Crippen molar-refractivity contribution in [2.24, 2.45) is 0 Å². The minimum atomic E-state index is -3.23. The Labute approximate surface area is 297 Å². The van der Waals surface area contributed by atoms with Crippen LogP contribution in [-0.4, -0.2) is 4.98 Å². The lowest BCUT2D eigenvalue weighted by Crippen LogP contribution is -2.25. The highest BCUT2D eigenvalue weighted by Crippen LogP contribution is 2.48. The molecule has 0 radical (unpaired) electrons. The molecule has 0 N–H and O–H groups in total. The van der Waals surface area contributed by atoms with E-state index >= 15 is 4.57 Å². The van der Waals surface area contributed by atoms with E-state index in [2.05, 4.69) is 138 Å². The molecule has 0 fully saturated rings. The molecule has 0 atom stereocenters. The Morgan fingerprint density at radius 3 is 1.53 bits per heavy atom. The molecule has 1 aromatic heterocycles. The van der Waals surface area contributed by atoms with E-state index in [1.54, 1.807) is 0 Å². The van der Waals surface area contributed by atoms with Gasteiger partial charge in [0.15, 0.2) is 7.14 Å². The van der Waals surface area contributed by atoms with Gasteiger partial charge in [0, 0.05) is 49.0 Å². The lowest BCUT2D eigenvalue weighted by molar-refractivity contribution is 0.592. The third kappa shape index (κ3) is 5.31. The monoisotopic (exact) mass is 672 g/mol. The maximum absolute atomic E-state index is 15.5. The van der Waals surface area contributed by atoms with Crippen LogP contribution < -0.4 is 20.8 Å². The van der Waals surface area contributed by atoms with Gasteiger partial charge < -0.3 is 9.46 Å². The summed E-state index contributed by atoms with van der Waals surface area (Å²) in [7, 11) is -3.23. The van der Waals surface area contributed by atoms with E-state index in [0.29, 0.717) is 0 Å². The lowest BCUT2D eigenvalue weighted by atomic mass is 9.93. The second-order valence-corrected chi connectivity index (χ2v) is 15.4. The average molecular weight is 673 g/mol. The molecule has 9 rings (SSSR count). The third-order valence-corrected chi connectivity index (χ3v) is 12.7. The van der Waals surface area contributed by atoms with Gasteiger partial charge in [0.05, 0.1) is 16.9 Å². The summed E-state index contributed by atoms with van der Waals surface area (Å²) in [5.74, 6) is 0. The molecular weight excluding hydrogens is 640 g/mol. The molecule has 3 nitrogen and oxygen atoms in total. The van der Waals surface area contributed by atoms with Crippen molar-refractivity contribution in [3.63, 3.8) is 0 Å². The van der Waals surface area contributed by atoms with E-state index in [1.165, 1.54) is 0 Å². The topological polar surface area (TPSA) is 33.2 Å². The molecule has 0 aliphatic heterocycles. The Bertz CT molecular complexity index is 2620. The fraction of sp³-hybridized carbons (Fsp3) is 0. The summed E-state index contributed by atoms with van der Waals surface area (Å²) in [6, 6.07) is 68.3. The zero-order valence-electron chi connectivity index (χ0n) is 27.8. The van der Waals surface area contributed by atoms with Gasteiger partial charge in [-0.3, -0.25) is 0 Å². The molecule has 242 valence electrons. The van der Waals surface area contributed by atoms with Crippen molar-refractivity contribution in [3.05, 3.63) is 200 Å². The number of para-hydroxylation sites is 2. The number of rotatable bonds is 7. The molecule has 9 aromatic rings. The highest BCUT2D eigenvalue weighted by atomic mass is 31.2. The van der Waals surface area contributed by atoms with Crippen molar-refractivity contribution < 1.29 is 4.57 Å². The SMILES string of the molecule is O=P(c1ccccc1)(c1ccccc1)c1ccc2c(c1)nc(-c1ccccc1)c1c(N(c3ccccc3)c3ccccc3)cc3ccccc3c12. The number of hydrogen-bond donors (Lipinski definition) is 0. The summed E-state index contributed by atoms with van der Waals surface area (Å²) < 4.78 is 15.5. The maximum Gasteiger partial charge on any atom is 0.171 e. The normalized spacial score (nSPS) is 11.6. The van der Waals surface area contributed by atoms with Gasteiger partial charge in [-0.25, -0.2) is 4.98 Å². The molecule has 0 aliphatic rings. The van der Waals surface area contributed by atoms with Crippen molar-refractivity contribution in [2.75, 3.05) is 4.90 Å². The molecule has 0 unspecified atom stereocenters. The molecule has 0 saturated carbocycles. The summed E-state index contributed by atoms with van der Waals surface area (Å²) in [4.78, 5) is 7.86. The molecule has 51 heavy (non-hydrogen) atoms. The number of benzene rings is 8. The molecule has 0 amide bonds. The van der Waals surface area contributed by atoms with E-state index in [9.17, 15) is 0 Å². The van der Waals surface area contributed by atoms with Crippen molar-refractivity contribution >= 4 is 72.6 Å². The second kappa shape index (κ2) is 12.9. The zero-order chi connectivity index (χ0) is 34.2. The highest BCUT2D eigenvalue weighted by molar-refractivity contribution is 7.85. The van der Waals surface area contributed by atoms with Crippen LogP contribution in [0, 0.1) is 0 Å². The highest BCUT2D eigenvalue weighted by Gasteiger charge is 2.31. The summed E-state index contributed by atoms with van der Waals surface area (Å²) in [5, 5.41) is 7.82. The van der Waals surface area contributed by atoms with Crippen LogP contribution in [0.3, 0.4) is 0 Å². The Kier molecular flexibility index (Phi) is 7.76. The van der Waals surface area contributed by atoms with Crippen molar-refractivity contribution in [2.45, 2.75) is 0 Å². The minimum Gasteiger partial charge on any atom is -0.310 e. The Morgan fingerprint density at radius 1 is 0.431 bits per heavy atom. The largest absolute Gasteiger partial charge is 0.310 e. The smallest absolute Gasteiger partial charge is 0.171 e. The van der Waals surface area contributed by atoms with Gasteiger partial charge in [-0.05, 0) is 47.2 Å². The number of aromatic nitrogens is 1. The summed E-state index contributed by atoms with van der Waals surface area (Å²) in [5.41, 5.74) is 5.85. The van der Waals surface area contributed by atoms with Gasteiger partial charge >= 0.3 is 0 Å². The van der Waals surface area contributed by atoms with Crippen molar-refractivity contribution in [3.8, 4) is 11.3 Å². The molecule has 8 aromatic carbocycles. The third-order valence-electron chi connectivity index (χ3n) is 9.67. The summed E-state index contributed by atoms with van der Waals surface area (Å²) in [6.45, 7) is 0. The minimum absolute atomic E-state index is 0.758. The summed E-state index contributed by atoms with van der Waals surface area (Å²) in [6.07, 6.45) is 0. The van der Waals surface area contributed by atoms with Gasteiger partial charge in [-0.15, -0.1) is 0 Å². The van der Waals surface area contributed by atoms with Crippen LogP contribution in [-0.2, 0) is 4.57 Å². The predicted molar refractivity (Wildman–Crippen MR) is 216 cm³/mol. The Morgan fingerprint density at radius 2 is 0.941 bits per heavy atom. The van der Waals surface area contributed by atoms with Crippen LogP contribution in [0.2, 0.25) is 0 Å². The van der Waals surface area contributed by atoms with E-state index in [1.807, 2.05) is 66.7 Å². The number of nitrogens with zero attached hydrogens (tertiary/aromatic N) is 2. The molecule has 0 bridgehead atoms. The first kappa shape index (κ1) is 30.8. The number of hydrogen-bond acceptors (Lipinski definition) is 3. The molecule has 1 heterocycles. The van der Waals surface area contributed by atoms with Gasteiger partial charge in [-0.2, -0.15) is 0 Å². The van der Waals surface area contributed by atoms with Crippen LogP contribution in [0.1, 0.15) is 0 Å². The zero-order valence-corrected chi connectivity index (χ0v) is 28.7. The van der Waals surface area contributed by atoms with Crippen LogP contribution in [0.25, 0.3) is 43.7 Å². The van der Waals surface area contributed by atoms with Crippen LogP contribution in [0.15, 0.2) is 200 Å². The van der Waals surface area contributed by atoms with Gasteiger partial charge in [0.2, 0.25) is 0 Å². The van der Waals surface area contributed by atoms with Crippen LogP contribution in [0.4, 0.5) is 17.1 Å². The first-order valence-electron chi connectivity index (χ1n) is 17.2. The maximum atomic E-state index is 15.5. The number of fused-ring (bicyclic) bond motifs is 5. The second-order valence-electron chi connectivity index (χ2n) is 12.7. The van der Waals surface area contributed by atoms with Crippen LogP contribution in [0.5, 0.6) is 0 Å². The first-order valence-corrected chi connectivity index (χ1v) is 18.9. The van der Waals surface area contributed by atoms with E-state index < -0.39 is 7.14 Å². The quantitative estimate of drug-likeness (QED) is 0.125. The fourth-order valence-electron chi connectivity index (χ4n) is 7.33. The standard InChI is InChI=1S/C47H33N2OP/c50-51(38-25-12-4-13-26-38,39-27-14-5-15-28-39)40-30-31-42-43(33-40)48-47(34-18-6-1-7-19-34)46-44(32-35-20-16-17-29-41(35)45(42)46)49(36-21-8-2-9-22-36)37-23-10-3-11-24-37/h1-33H. The number of anilines is 3. The fourth-order valence-corrected chi connectivity index (χ4v) is 10.0. The lowest BCUT2D eigenvalue weighted by Gasteiger charge is -2.29. The number of pyridine rings is 1. The molecule has 0 saturated heterocycles. The van der Waals surface area contributed by atoms with Gasteiger partial charge in [-0.1, -0.05) is 164 Å². The van der Waals surface area contributed by atoms with Gasteiger partial charge in [0.1, 0.15) is 0 Å². The van der Waals surface area contributed by atoms with Gasteiger partial charge in [0.25, 0.3) is 0 Å². The molecule has 0 aliphatic carbocycles. The van der Waals surface area contributed by atoms with E-state index in [-0.39, 0.29) is 0 Å². The molecular formula is C47H33N2OP. The molecule has 0 spiro atoms. The van der Waals surface area contributed by atoms with Crippen LogP contribution >= 0.6 is 7.14 Å². The first-order chi connectivity index (χ1) is 25.2. The summed E-state index contributed by atoms with van der Waals surface area (Å²) >= 11 is 0. The molecule has 4 heteroatoms. The van der Waals surface area contributed by atoms with Crippen molar-refractivity contribution in [1.29, 1.82) is 0 Å². The van der Waals surface area contributed by atoms with Crippen molar-refractivity contribution in [1.82, 2.24) is 4.98 Å². The van der Waals surface area contributed by atoms with E-state index in [0.717, 1.165) is 76.7 Å². The average Bonchev–Trinajstić information content (AvgIpc) is 3.21. The predicted octanol–water partition coefficient (Wildman–Crippen LogP) is 11.3. The van der Waals surface area contributed by atoms with E-state index in [4.69, 9.17) is 4.98 Å². The Balaban J connectivity index is 1.43.